The highest BCUT2D eigenvalue weighted by molar-refractivity contribution is 6.30. The monoisotopic (exact) mass is 311 g/mol. The minimum absolute atomic E-state index is 0.0274. The van der Waals surface area contributed by atoms with Crippen LogP contribution in [0, 0.1) is 0 Å². The van der Waals surface area contributed by atoms with Crippen molar-refractivity contribution in [2.24, 2.45) is 0 Å². The van der Waals surface area contributed by atoms with Crippen molar-refractivity contribution in [2.75, 3.05) is 46.8 Å². The predicted molar refractivity (Wildman–Crippen MR) is 79.4 cm³/mol. The number of rotatable bonds is 3. The zero-order valence-electron chi connectivity index (χ0n) is 12.3. The lowest BCUT2D eigenvalue weighted by Crippen LogP contribution is -3.12. The standard InChI is InChI=1S/C14H19ClN4O2/c1-17-5-7-19(8-6-17)13(20)10-18(2)14(21)12-9-11(15)3-4-16-12/h3-4,9H,5-8,10H2,1-2H3/p+1. The van der Waals surface area contributed by atoms with Crippen LogP contribution in [0.5, 0.6) is 0 Å². The molecule has 1 N–H and O–H groups in total. The first kappa shape index (κ1) is 15.7. The van der Waals surface area contributed by atoms with Crippen molar-refractivity contribution in [2.45, 2.75) is 0 Å². The summed E-state index contributed by atoms with van der Waals surface area (Å²) >= 11 is 5.85. The fourth-order valence-electron chi connectivity index (χ4n) is 2.23. The van der Waals surface area contributed by atoms with Crippen LogP contribution in [0.25, 0.3) is 0 Å². The van der Waals surface area contributed by atoms with E-state index in [0.717, 1.165) is 26.2 Å². The normalized spacial score (nSPS) is 15.9. The van der Waals surface area contributed by atoms with Gasteiger partial charge in [0, 0.05) is 18.3 Å². The van der Waals surface area contributed by atoms with E-state index in [9.17, 15) is 9.59 Å². The summed E-state index contributed by atoms with van der Waals surface area (Å²) in [6, 6.07) is 3.11. The fraction of sp³-hybridized carbons (Fsp3) is 0.500. The van der Waals surface area contributed by atoms with Gasteiger partial charge in [0.1, 0.15) is 5.69 Å². The molecule has 0 atom stereocenters. The molecule has 0 aliphatic carbocycles. The zero-order chi connectivity index (χ0) is 15.4. The molecule has 1 fully saturated rings. The van der Waals surface area contributed by atoms with E-state index in [4.69, 9.17) is 11.6 Å². The lowest BCUT2D eigenvalue weighted by Gasteiger charge is -2.31. The van der Waals surface area contributed by atoms with Gasteiger partial charge in [0.05, 0.1) is 39.8 Å². The summed E-state index contributed by atoms with van der Waals surface area (Å²) in [5.41, 5.74) is 0.251. The zero-order valence-corrected chi connectivity index (χ0v) is 13.1. The third kappa shape index (κ3) is 4.15. The molecular weight excluding hydrogens is 292 g/mol. The van der Waals surface area contributed by atoms with Gasteiger partial charge in [-0.2, -0.15) is 0 Å². The van der Waals surface area contributed by atoms with Crippen molar-refractivity contribution < 1.29 is 14.5 Å². The van der Waals surface area contributed by atoms with Gasteiger partial charge in [0.2, 0.25) is 5.91 Å². The lowest BCUT2D eigenvalue weighted by atomic mass is 10.3. The van der Waals surface area contributed by atoms with Crippen LogP contribution < -0.4 is 4.90 Å². The van der Waals surface area contributed by atoms with E-state index in [1.165, 1.54) is 22.1 Å². The Morgan fingerprint density at radius 1 is 1.43 bits per heavy atom. The molecule has 2 rings (SSSR count). The Kier molecular flexibility index (Phi) is 5.14. The van der Waals surface area contributed by atoms with Crippen LogP contribution in [0.2, 0.25) is 5.02 Å². The number of nitrogens with zero attached hydrogens (tertiary/aromatic N) is 3. The lowest BCUT2D eigenvalue weighted by molar-refractivity contribution is -0.883. The number of carbonyl (C=O) groups excluding carboxylic acids is 2. The van der Waals surface area contributed by atoms with E-state index in [1.807, 2.05) is 4.90 Å². The van der Waals surface area contributed by atoms with Crippen LogP contribution in [0.15, 0.2) is 18.3 Å². The third-order valence-electron chi connectivity index (χ3n) is 3.63. The number of amides is 2. The molecule has 0 spiro atoms. The summed E-state index contributed by atoms with van der Waals surface area (Å²) in [6.07, 6.45) is 1.48. The second-order valence-corrected chi connectivity index (χ2v) is 5.79. The van der Waals surface area contributed by atoms with Gasteiger partial charge in [-0.3, -0.25) is 14.6 Å². The number of halogens is 1. The van der Waals surface area contributed by atoms with Gasteiger partial charge in [-0.1, -0.05) is 11.6 Å². The third-order valence-corrected chi connectivity index (χ3v) is 3.87. The van der Waals surface area contributed by atoms with E-state index >= 15 is 0 Å². The first-order valence-electron chi connectivity index (χ1n) is 6.93. The van der Waals surface area contributed by atoms with Gasteiger partial charge in [0.15, 0.2) is 0 Å². The molecule has 0 radical (unpaired) electrons. The van der Waals surface area contributed by atoms with Crippen molar-refractivity contribution in [1.82, 2.24) is 14.8 Å². The summed E-state index contributed by atoms with van der Waals surface area (Å²) < 4.78 is 0. The maximum Gasteiger partial charge on any atom is 0.272 e. The molecule has 2 amide bonds. The Balaban J connectivity index is 1.93. The Labute approximate surface area is 129 Å². The number of quaternary nitrogens is 1. The van der Waals surface area contributed by atoms with Crippen molar-refractivity contribution >= 4 is 23.4 Å². The van der Waals surface area contributed by atoms with Crippen molar-refractivity contribution in [3.05, 3.63) is 29.0 Å². The van der Waals surface area contributed by atoms with Crippen LogP contribution in [0.4, 0.5) is 0 Å². The molecule has 6 nitrogen and oxygen atoms in total. The van der Waals surface area contributed by atoms with Crippen LogP contribution in [-0.2, 0) is 4.79 Å². The molecule has 0 saturated carbocycles. The second-order valence-electron chi connectivity index (χ2n) is 5.36. The van der Waals surface area contributed by atoms with Gasteiger partial charge in [-0.25, -0.2) is 0 Å². The number of pyridine rings is 1. The highest BCUT2D eigenvalue weighted by Crippen LogP contribution is 2.09. The molecular formula is C14H20ClN4O2+. The number of carbonyl (C=O) groups is 2. The number of likely N-dealkylation sites (N-methyl/N-ethyl adjacent to an activating group) is 2. The summed E-state index contributed by atoms with van der Waals surface area (Å²) in [6.45, 7) is 3.43. The van der Waals surface area contributed by atoms with Gasteiger partial charge < -0.3 is 14.7 Å². The molecule has 114 valence electrons. The van der Waals surface area contributed by atoms with Crippen LogP contribution in [0.3, 0.4) is 0 Å². The first-order valence-corrected chi connectivity index (χ1v) is 7.31. The molecule has 1 aromatic rings. The highest BCUT2D eigenvalue weighted by Gasteiger charge is 2.24. The fourth-order valence-corrected chi connectivity index (χ4v) is 2.39. The largest absolute Gasteiger partial charge is 0.334 e. The van der Waals surface area contributed by atoms with Gasteiger partial charge in [-0.05, 0) is 12.1 Å². The maximum atomic E-state index is 12.2. The molecule has 0 unspecified atom stereocenters. The molecule has 2 heterocycles. The van der Waals surface area contributed by atoms with Crippen molar-refractivity contribution in [3.8, 4) is 0 Å². The number of piperazine rings is 1. The van der Waals surface area contributed by atoms with Crippen LogP contribution in [0.1, 0.15) is 10.5 Å². The Bertz CT molecular complexity index is 529. The average molecular weight is 312 g/mol. The molecule has 1 aliphatic rings. The molecule has 21 heavy (non-hydrogen) atoms. The highest BCUT2D eigenvalue weighted by atomic mass is 35.5. The molecule has 1 aliphatic heterocycles. The number of hydrogen-bond acceptors (Lipinski definition) is 3. The van der Waals surface area contributed by atoms with Gasteiger partial charge in [-0.15, -0.1) is 0 Å². The summed E-state index contributed by atoms with van der Waals surface area (Å²) in [7, 11) is 3.71. The minimum Gasteiger partial charge on any atom is -0.334 e. The summed E-state index contributed by atoms with van der Waals surface area (Å²) in [5.74, 6) is -0.328. The summed E-state index contributed by atoms with van der Waals surface area (Å²) in [5, 5.41) is 0.454. The SMILES string of the molecule is CN(CC(=O)N1CC[NH+](C)CC1)C(=O)c1cc(Cl)ccn1. The molecule has 1 saturated heterocycles. The summed E-state index contributed by atoms with van der Waals surface area (Å²) in [4.78, 5) is 33.0. The topological polar surface area (TPSA) is 58.0 Å². The molecule has 1 aromatic heterocycles. The van der Waals surface area contributed by atoms with E-state index < -0.39 is 0 Å². The van der Waals surface area contributed by atoms with E-state index in [0.29, 0.717) is 5.02 Å². The molecule has 7 heteroatoms. The number of aromatic nitrogens is 1. The van der Waals surface area contributed by atoms with Crippen molar-refractivity contribution in [3.63, 3.8) is 0 Å². The smallest absolute Gasteiger partial charge is 0.272 e. The maximum absolute atomic E-state index is 12.2. The van der Waals surface area contributed by atoms with Gasteiger partial charge >= 0.3 is 0 Å². The molecule has 0 aromatic carbocycles. The number of hydrogen-bond donors (Lipinski definition) is 1. The minimum atomic E-state index is -0.300. The van der Waals surface area contributed by atoms with E-state index in [-0.39, 0.29) is 24.1 Å². The quantitative estimate of drug-likeness (QED) is 0.792. The van der Waals surface area contributed by atoms with Crippen molar-refractivity contribution in [1.29, 1.82) is 0 Å². The predicted octanol–water partition coefficient (Wildman–Crippen LogP) is -0.836. The second kappa shape index (κ2) is 6.87. The average Bonchev–Trinajstić information content (AvgIpc) is 2.47. The van der Waals surface area contributed by atoms with E-state index in [2.05, 4.69) is 12.0 Å². The molecule has 0 bridgehead atoms. The van der Waals surface area contributed by atoms with Crippen LogP contribution >= 0.6 is 11.6 Å². The van der Waals surface area contributed by atoms with Gasteiger partial charge in [0.25, 0.3) is 5.91 Å². The Morgan fingerprint density at radius 2 is 2.10 bits per heavy atom. The van der Waals surface area contributed by atoms with Crippen LogP contribution in [-0.4, -0.2) is 73.4 Å². The Morgan fingerprint density at radius 3 is 2.71 bits per heavy atom. The Hall–Kier alpha value is -1.66. The first-order chi connectivity index (χ1) is 9.97. The van der Waals surface area contributed by atoms with E-state index in [1.54, 1.807) is 13.1 Å². The number of nitrogens with one attached hydrogen (secondary N) is 1.